The van der Waals surface area contributed by atoms with E-state index in [1.165, 1.54) is 7.11 Å². The summed E-state index contributed by atoms with van der Waals surface area (Å²) >= 11 is 0. The molecule has 0 aliphatic carbocycles. The van der Waals surface area contributed by atoms with Gasteiger partial charge in [-0.1, -0.05) is 12.7 Å². The second-order valence-corrected chi connectivity index (χ2v) is 5.28. The third-order valence-electron chi connectivity index (χ3n) is 2.19. The zero-order valence-electron chi connectivity index (χ0n) is 9.86. The van der Waals surface area contributed by atoms with E-state index < -0.39 is 10.0 Å². The summed E-state index contributed by atoms with van der Waals surface area (Å²) in [6, 6.07) is 3.35. The monoisotopic (exact) mass is 256 g/mol. The Labute approximate surface area is 101 Å². The zero-order valence-corrected chi connectivity index (χ0v) is 10.7. The average molecular weight is 256 g/mol. The molecule has 0 amide bonds. The molecule has 6 heteroatoms. The van der Waals surface area contributed by atoms with E-state index in [0.717, 1.165) is 11.8 Å². The van der Waals surface area contributed by atoms with E-state index in [1.54, 1.807) is 18.2 Å². The maximum Gasteiger partial charge on any atom is 0.229 e. The number of anilines is 1. The minimum Gasteiger partial charge on any atom is -0.496 e. The molecular weight excluding hydrogens is 240 g/mol. The van der Waals surface area contributed by atoms with Crippen molar-refractivity contribution in [3.8, 4) is 5.75 Å². The van der Waals surface area contributed by atoms with Crippen molar-refractivity contribution in [2.75, 3.05) is 18.1 Å². The van der Waals surface area contributed by atoms with Crippen LogP contribution in [0.4, 0.5) is 5.69 Å². The Kier molecular flexibility index (Phi) is 4.14. The van der Waals surface area contributed by atoms with Gasteiger partial charge in [0, 0.05) is 18.2 Å². The topological polar surface area (TPSA) is 81.4 Å². The Morgan fingerprint density at radius 1 is 1.53 bits per heavy atom. The lowest BCUT2D eigenvalue weighted by Gasteiger charge is -2.13. The Bertz CT molecular complexity index is 524. The van der Waals surface area contributed by atoms with Crippen LogP contribution in [0.1, 0.15) is 11.1 Å². The zero-order chi connectivity index (χ0) is 13.1. The number of ether oxygens (including phenoxy) is 1. The number of nitrogens with one attached hydrogen (secondary N) is 1. The maximum atomic E-state index is 11.2. The Hall–Kier alpha value is -1.53. The van der Waals surface area contributed by atoms with Gasteiger partial charge < -0.3 is 10.5 Å². The number of hydrogen-bond acceptors (Lipinski definition) is 4. The lowest BCUT2D eigenvalue weighted by molar-refractivity contribution is 0.410. The predicted molar refractivity (Wildman–Crippen MR) is 69.4 cm³/mol. The normalized spacial score (nSPS) is 11.0. The van der Waals surface area contributed by atoms with Crippen LogP contribution in [-0.4, -0.2) is 21.8 Å². The van der Waals surface area contributed by atoms with Gasteiger partial charge in [0.25, 0.3) is 0 Å². The van der Waals surface area contributed by atoms with Crippen molar-refractivity contribution in [2.24, 2.45) is 5.73 Å². The van der Waals surface area contributed by atoms with E-state index in [4.69, 9.17) is 10.5 Å². The second kappa shape index (κ2) is 5.20. The fraction of sp³-hybridized carbons (Fsp3) is 0.273. The molecule has 0 aliphatic rings. The molecular formula is C11H16N2O3S. The molecule has 17 heavy (non-hydrogen) atoms. The summed E-state index contributed by atoms with van der Waals surface area (Å²) in [5, 5.41) is 0. The largest absolute Gasteiger partial charge is 0.496 e. The third kappa shape index (κ3) is 3.47. The van der Waals surface area contributed by atoms with Crippen molar-refractivity contribution in [1.82, 2.24) is 0 Å². The maximum absolute atomic E-state index is 11.2. The fourth-order valence-electron chi connectivity index (χ4n) is 1.45. The second-order valence-electron chi connectivity index (χ2n) is 3.53. The molecule has 0 aromatic heterocycles. The number of hydrogen-bond donors (Lipinski definition) is 2. The van der Waals surface area contributed by atoms with Crippen molar-refractivity contribution in [3.63, 3.8) is 0 Å². The average Bonchev–Trinajstić information content (AvgIpc) is 2.26. The van der Waals surface area contributed by atoms with Crippen LogP contribution in [0.3, 0.4) is 0 Å². The molecule has 0 bridgehead atoms. The van der Waals surface area contributed by atoms with Crippen molar-refractivity contribution in [2.45, 2.75) is 6.54 Å². The van der Waals surface area contributed by atoms with Gasteiger partial charge in [0.1, 0.15) is 5.75 Å². The van der Waals surface area contributed by atoms with Crippen LogP contribution in [0.2, 0.25) is 0 Å². The summed E-state index contributed by atoms with van der Waals surface area (Å²) < 4.78 is 30.0. The van der Waals surface area contributed by atoms with E-state index in [1.807, 2.05) is 0 Å². The van der Waals surface area contributed by atoms with Gasteiger partial charge in [-0.15, -0.1) is 0 Å². The highest BCUT2D eigenvalue weighted by molar-refractivity contribution is 7.92. The Morgan fingerprint density at radius 2 is 2.18 bits per heavy atom. The number of rotatable bonds is 5. The molecule has 0 spiro atoms. The minimum atomic E-state index is -3.34. The van der Waals surface area contributed by atoms with Gasteiger partial charge in [0.05, 0.1) is 19.1 Å². The van der Waals surface area contributed by atoms with Gasteiger partial charge in [-0.3, -0.25) is 4.72 Å². The minimum absolute atomic E-state index is 0.309. The summed E-state index contributed by atoms with van der Waals surface area (Å²) in [6.45, 7) is 3.94. The summed E-state index contributed by atoms with van der Waals surface area (Å²) in [7, 11) is -1.83. The molecule has 0 radical (unpaired) electrons. The molecule has 5 nitrogen and oxygen atoms in total. The van der Waals surface area contributed by atoms with Crippen LogP contribution >= 0.6 is 0 Å². The molecule has 0 saturated heterocycles. The van der Waals surface area contributed by atoms with E-state index in [2.05, 4.69) is 11.3 Å². The molecule has 0 heterocycles. The van der Waals surface area contributed by atoms with E-state index in [0.29, 0.717) is 23.5 Å². The molecule has 0 aliphatic heterocycles. The SMILES string of the molecule is C=Cc1cc(CN)c(OC)cc1NS(C)(=O)=O. The van der Waals surface area contributed by atoms with Crippen molar-refractivity contribution in [1.29, 1.82) is 0 Å². The third-order valence-corrected chi connectivity index (χ3v) is 2.78. The standard InChI is InChI=1S/C11H16N2O3S/c1-4-8-5-9(7-12)11(16-2)6-10(8)13-17(3,14)15/h4-6,13H,1,7,12H2,2-3H3. The number of nitrogens with two attached hydrogens (primary N) is 1. The predicted octanol–water partition coefficient (Wildman–Crippen LogP) is 1.17. The number of sulfonamides is 1. The summed E-state index contributed by atoms with van der Waals surface area (Å²) in [5.41, 5.74) is 7.46. The highest BCUT2D eigenvalue weighted by atomic mass is 32.2. The summed E-state index contributed by atoms with van der Waals surface area (Å²) in [4.78, 5) is 0. The lowest BCUT2D eigenvalue weighted by Crippen LogP contribution is -2.11. The van der Waals surface area contributed by atoms with Gasteiger partial charge in [-0.2, -0.15) is 0 Å². The molecule has 1 rings (SSSR count). The van der Waals surface area contributed by atoms with Crippen molar-refractivity contribution >= 4 is 21.8 Å². The van der Waals surface area contributed by atoms with Gasteiger partial charge in [-0.05, 0) is 11.6 Å². The Balaban J connectivity index is 3.33. The number of methoxy groups -OCH3 is 1. The molecule has 0 saturated carbocycles. The van der Waals surface area contributed by atoms with Crippen LogP contribution in [0.15, 0.2) is 18.7 Å². The Morgan fingerprint density at radius 3 is 2.59 bits per heavy atom. The van der Waals surface area contributed by atoms with Gasteiger partial charge in [-0.25, -0.2) is 8.42 Å². The van der Waals surface area contributed by atoms with E-state index >= 15 is 0 Å². The van der Waals surface area contributed by atoms with Crippen LogP contribution < -0.4 is 15.2 Å². The summed E-state index contributed by atoms with van der Waals surface area (Å²) in [5.74, 6) is 0.546. The van der Waals surface area contributed by atoms with Gasteiger partial charge in [0.2, 0.25) is 10.0 Å². The van der Waals surface area contributed by atoms with Gasteiger partial charge in [0.15, 0.2) is 0 Å². The van der Waals surface area contributed by atoms with Crippen LogP contribution in [0.25, 0.3) is 6.08 Å². The first-order chi connectivity index (χ1) is 7.91. The lowest BCUT2D eigenvalue weighted by atomic mass is 10.1. The molecule has 1 aromatic carbocycles. The quantitative estimate of drug-likeness (QED) is 0.828. The van der Waals surface area contributed by atoms with Crippen molar-refractivity contribution in [3.05, 3.63) is 29.8 Å². The van der Waals surface area contributed by atoms with Gasteiger partial charge >= 0.3 is 0 Å². The summed E-state index contributed by atoms with van der Waals surface area (Å²) in [6.07, 6.45) is 2.65. The molecule has 1 aromatic rings. The van der Waals surface area contributed by atoms with Crippen molar-refractivity contribution < 1.29 is 13.2 Å². The molecule has 0 unspecified atom stereocenters. The molecule has 3 N–H and O–H groups in total. The first-order valence-corrected chi connectivity index (χ1v) is 6.81. The first kappa shape index (κ1) is 13.5. The highest BCUT2D eigenvalue weighted by Gasteiger charge is 2.10. The smallest absolute Gasteiger partial charge is 0.229 e. The molecule has 0 fully saturated rings. The van der Waals surface area contributed by atoms with E-state index in [9.17, 15) is 8.42 Å². The fourth-order valence-corrected chi connectivity index (χ4v) is 2.03. The molecule has 0 atom stereocenters. The van der Waals surface area contributed by atoms with E-state index in [-0.39, 0.29) is 0 Å². The van der Waals surface area contributed by atoms with Crippen LogP contribution in [0.5, 0.6) is 5.75 Å². The van der Waals surface area contributed by atoms with Crippen LogP contribution in [-0.2, 0) is 16.6 Å². The first-order valence-electron chi connectivity index (χ1n) is 4.92. The highest BCUT2D eigenvalue weighted by Crippen LogP contribution is 2.28. The van der Waals surface area contributed by atoms with Crippen LogP contribution in [0, 0.1) is 0 Å². The molecule has 94 valence electrons. The number of benzene rings is 1.